The average Bonchev–Trinajstić information content (AvgIpc) is 2.27. The summed E-state index contributed by atoms with van der Waals surface area (Å²) in [6, 6.07) is -0.723. The molecule has 2 N–H and O–H groups in total. The van der Waals surface area contributed by atoms with Crippen molar-refractivity contribution in [2.45, 2.75) is 39.2 Å². The summed E-state index contributed by atoms with van der Waals surface area (Å²) in [7, 11) is 0. The molecule has 0 aliphatic rings. The van der Waals surface area contributed by atoms with Gasteiger partial charge >= 0.3 is 5.97 Å². The van der Waals surface area contributed by atoms with E-state index in [9.17, 15) is 14.4 Å². The third-order valence-electron chi connectivity index (χ3n) is 2.07. The molecule has 0 aliphatic carbocycles. The molecule has 98 valence electrons. The zero-order valence-corrected chi connectivity index (χ0v) is 10.2. The molecular formula is C11H19NO5. The predicted molar refractivity (Wildman–Crippen MR) is 60.2 cm³/mol. The molecule has 1 unspecified atom stereocenters. The number of aliphatic hydroxyl groups excluding tert-OH is 1. The zero-order valence-electron chi connectivity index (χ0n) is 10.2. The monoisotopic (exact) mass is 245 g/mol. The molecule has 0 heterocycles. The highest BCUT2D eigenvalue weighted by atomic mass is 16.5. The Morgan fingerprint density at radius 2 is 2.00 bits per heavy atom. The van der Waals surface area contributed by atoms with Gasteiger partial charge in [-0.15, -0.1) is 0 Å². The van der Waals surface area contributed by atoms with E-state index < -0.39 is 18.6 Å². The van der Waals surface area contributed by atoms with E-state index in [0.29, 0.717) is 12.8 Å². The maximum absolute atomic E-state index is 11.5. The summed E-state index contributed by atoms with van der Waals surface area (Å²) in [6.45, 7) is 2.73. The predicted octanol–water partition coefficient (Wildman–Crippen LogP) is -0.214. The van der Waals surface area contributed by atoms with Crippen LogP contribution in [0.3, 0.4) is 0 Å². The highest BCUT2D eigenvalue weighted by Gasteiger charge is 2.20. The Balaban J connectivity index is 4.14. The Kier molecular flexibility index (Phi) is 7.96. The maximum Gasteiger partial charge on any atom is 0.328 e. The number of carbonyl (C=O) groups excluding carboxylic acids is 3. The van der Waals surface area contributed by atoms with Crippen molar-refractivity contribution in [2.75, 3.05) is 13.2 Å². The minimum Gasteiger partial charge on any atom is -0.464 e. The van der Waals surface area contributed by atoms with Crippen LogP contribution in [0.1, 0.15) is 33.1 Å². The Hall–Kier alpha value is -1.43. The van der Waals surface area contributed by atoms with Crippen LogP contribution in [-0.2, 0) is 19.1 Å². The fourth-order valence-corrected chi connectivity index (χ4v) is 1.32. The molecule has 6 nitrogen and oxygen atoms in total. The number of hydrogen-bond donors (Lipinski definition) is 2. The van der Waals surface area contributed by atoms with Crippen LogP contribution in [0.15, 0.2) is 0 Å². The first-order chi connectivity index (χ1) is 8.01. The van der Waals surface area contributed by atoms with Gasteiger partial charge in [-0.25, -0.2) is 4.79 Å². The van der Waals surface area contributed by atoms with E-state index in [1.54, 1.807) is 6.92 Å². The van der Waals surface area contributed by atoms with E-state index >= 15 is 0 Å². The van der Waals surface area contributed by atoms with Crippen LogP contribution in [0.2, 0.25) is 0 Å². The Labute approximate surface area is 100 Å². The van der Waals surface area contributed by atoms with Gasteiger partial charge in [-0.3, -0.25) is 9.59 Å². The summed E-state index contributed by atoms with van der Waals surface area (Å²) >= 11 is 0. The molecule has 1 amide bonds. The Morgan fingerprint density at radius 3 is 2.47 bits per heavy atom. The molecule has 0 fully saturated rings. The van der Waals surface area contributed by atoms with Crippen LogP contribution in [0.25, 0.3) is 0 Å². The largest absolute Gasteiger partial charge is 0.464 e. The van der Waals surface area contributed by atoms with Crippen LogP contribution in [0.5, 0.6) is 0 Å². The van der Waals surface area contributed by atoms with E-state index in [1.807, 2.05) is 0 Å². The number of ketones is 1. The molecule has 0 radical (unpaired) electrons. The van der Waals surface area contributed by atoms with Gasteiger partial charge in [0.2, 0.25) is 5.91 Å². The second-order valence-corrected chi connectivity index (χ2v) is 3.59. The number of aliphatic hydroxyl groups is 1. The summed E-state index contributed by atoms with van der Waals surface area (Å²) in [6.07, 6.45) is 0.930. The molecule has 0 aromatic carbocycles. The molecule has 17 heavy (non-hydrogen) atoms. The first-order valence-electron chi connectivity index (χ1n) is 5.57. The van der Waals surface area contributed by atoms with Gasteiger partial charge in [0.25, 0.3) is 0 Å². The first-order valence-corrected chi connectivity index (χ1v) is 5.57. The molecule has 0 rings (SSSR count). The smallest absolute Gasteiger partial charge is 0.328 e. The van der Waals surface area contributed by atoms with Gasteiger partial charge in [-0.2, -0.15) is 0 Å². The van der Waals surface area contributed by atoms with Gasteiger partial charge in [0.1, 0.15) is 12.6 Å². The average molecular weight is 245 g/mol. The van der Waals surface area contributed by atoms with Gasteiger partial charge in [0, 0.05) is 13.3 Å². The van der Waals surface area contributed by atoms with E-state index in [1.165, 1.54) is 6.92 Å². The number of esters is 1. The second kappa shape index (κ2) is 8.69. The van der Waals surface area contributed by atoms with E-state index in [0.717, 1.165) is 0 Å². The standard InChI is InChI=1S/C11H19NO5/c1-3-17-11(16)10(12-8(2)14)6-4-5-9(15)7-13/h10,13H,3-7H2,1-2H3,(H,12,14). The molecule has 0 saturated carbocycles. The molecule has 6 heteroatoms. The first kappa shape index (κ1) is 15.6. The minimum atomic E-state index is -0.723. The van der Waals surface area contributed by atoms with Gasteiger partial charge in [-0.05, 0) is 19.8 Å². The van der Waals surface area contributed by atoms with Crippen molar-refractivity contribution >= 4 is 17.7 Å². The van der Waals surface area contributed by atoms with Crippen LogP contribution in [0.4, 0.5) is 0 Å². The molecule has 0 saturated heterocycles. The number of Topliss-reactive ketones (excluding diaryl/α,β-unsaturated/α-hetero) is 1. The topological polar surface area (TPSA) is 92.7 Å². The van der Waals surface area contributed by atoms with Crippen molar-refractivity contribution in [3.63, 3.8) is 0 Å². The fourth-order valence-electron chi connectivity index (χ4n) is 1.32. The fraction of sp³-hybridized carbons (Fsp3) is 0.727. The number of amides is 1. The summed E-state index contributed by atoms with van der Waals surface area (Å²) in [5.41, 5.74) is 0. The van der Waals surface area contributed by atoms with E-state index in [4.69, 9.17) is 9.84 Å². The van der Waals surface area contributed by atoms with Crippen molar-refractivity contribution in [2.24, 2.45) is 0 Å². The number of nitrogens with one attached hydrogen (secondary N) is 1. The lowest BCUT2D eigenvalue weighted by atomic mass is 10.1. The van der Waals surface area contributed by atoms with Crippen LogP contribution in [-0.4, -0.2) is 42.0 Å². The number of carbonyl (C=O) groups is 3. The lowest BCUT2D eigenvalue weighted by Gasteiger charge is -2.15. The van der Waals surface area contributed by atoms with Gasteiger partial charge < -0.3 is 15.2 Å². The number of hydrogen-bond acceptors (Lipinski definition) is 5. The van der Waals surface area contributed by atoms with Crippen molar-refractivity contribution < 1.29 is 24.2 Å². The van der Waals surface area contributed by atoms with Gasteiger partial charge in [0.15, 0.2) is 5.78 Å². The molecule has 0 aliphatic heterocycles. The van der Waals surface area contributed by atoms with Gasteiger partial charge in [-0.1, -0.05) is 0 Å². The second-order valence-electron chi connectivity index (χ2n) is 3.59. The third-order valence-corrected chi connectivity index (χ3v) is 2.07. The third kappa shape index (κ3) is 7.46. The van der Waals surface area contributed by atoms with Crippen molar-refractivity contribution in [1.29, 1.82) is 0 Å². The zero-order chi connectivity index (χ0) is 13.3. The normalized spacial score (nSPS) is 11.7. The molecule has 0 aromatic rings. The lowest BCUT2D eigenvalue weighted by molar-refractivity contribution is -0.147. The quantitative estimate of drug-likeness (QED) is 0.577. The Morgan fingerprint density at radius 1 is 1.35 bits per heavy atom. The summed E-state index contributed by atoms with van der Waals surface area (Å²) in [5.74, 6) is -1.11. The maximum atomic E-state index is 11.5. The molecule has 0 bridgehead atoms. The van der Waals surface area contributed by atoms with Gasteiger partial charge in [0.05, 0.1) is 6.61 Å². The SMILES string of the molecule is CCOC(=O)C(CCCC(=O)CO)NC(C)=O. The van der Waals surface area contributed by atoms with Crippen LogP contribution in [0, 0.1) is 0 Å². The molecule has 1 atom stereocenters. The van der Waals surface area contributed by atoms with Crippen molar-refractivity contribution in [3.8, 4) is 0 Å². The molecule has 0 aromatic heterocycles. The summed E-state index contributed by atoms with van der Waals surface area (Å²) in [5, 5.41) is 11.0. The minimum absolute atomic E-state index is 0.186. The van der Waals surface area contributed by atoms with Crippen molar-refractivity contribution in [3.05, 3.63) is 0 Å². The molecule has 0 spiro atoms. The number of ether oxygens (including phenoxy) is 1. The summed E-state index contributed by atoms with van der Waals surface area (Å²) in [4.78, 5) is 33.2. The Bertz CT molecular complexity index is 277. The summed E-state index contributed by atoms with van der Waals surface area (Å²) < 4.78 is 4.80. The molecular weight excluding hydrogens is 226 g/mol. The highest BCUT2D eigenvalue weighted by Crippen LogP contribution is 2.04. The number of rotatable bonds is 8. The van der Waals surface area contributed by atoms with Crippen LogP contribution >= 0.6 is 0 Å². The van der Waals surface area contributed by atoms with E-state index in [-0.39, 0.29) is 24.7 Å². The van der Waals surface area contributed by atoms with Crippen LogP contribution < -0.4 is 5.32 Å². The van der Waals surface area contributed by atoms with Crippen molar-refractivity contribution in [1.82, 2.24) is 5.32 Å². The highest BCUT2D eigenvalue weighted by molar-refractivity contribution is 5.83. The van der Waals surface area contributed by atoms with E-state index in [2.05, 4.69) is 5.32 Å². The lowest BCUT2D eigenvalue weighted by Crippen LogP contribution is -2.40.